The van der Waals surface area contributed by atoms with Gasteiger partial charge in [0, 0.05) is 19.6 Å². The van der Waals surface area contributed by atoms with Crippen LogP contribution in [0.15, 0.2) is 12.5 Å². The van der Waals surface area contributed by atoms with Gasteiger partial charge in [0.15, 0.2) is 5.65 Å². The van der Waals surface area contributed by atoms with Crippen LogP contribution in [0.25, 0.3) is 11.0 Å². The van der Waals surface area contributed by atoms with Gasteiger partial charge < -0.3 is 10.1 Å². The second-order valence-corrected chi connectivity index (χ2v) is 9.73. The Kier molecular flexibility index (Phi) is 3.19. The fraction of sp³-hybridized carbons (Fsp3) is 0.714. The zero-order chi connectivity index (χ0) is 19.2. The molecule has 2 atom stereocenters. The van der Waals surface area contributed by atoms with Crippen LogP contribution in [0, 0.1) is 28.6 Å². The molecule has 8 heteroatoms. The van der Waals surface area contributed by atoms with Crippen LogP contribution in [0.3, 0.4) is 0 Å². The van der Waals surface area contributed by atoms with E-state index in [9.17, 15) is 4.79 Å². The van der Waals surface area contributed by atoms with Gasteiger partial charge in [-0.1, -0.05) is 0 Å². The molecule has 7 aliphatic rings. The molecule has 1 saturated heterocycles. The summed E-state index contributed by atoms with van der Waals surface area (Å²) in [5.74, 6) is 2.85. The SMILES string of the molecule is O=C(Nc1ncnc2c1cnn2CCN1CCOCC1)C12C3CC4CC1CC42C3. The highest BCUT2D eigenvalue weighted by atomic mass is 16.5. The molecule has 1 N–H and O–H groups in total. The van der Waals surface area contributed by atoms with E-state index in [4.69, 9.17) is 4.74 Å². The average molecular weight is 394 g/mol. The number of carbonyl (C=O) groups is 1. The summed E-state index contributed by atoms with van der Waals surface area (Å²) in [7, 11) is 0. The number of carbonyl (C=O) groups excluding carboxylic acids is 1. The van der Waals surface area contributed by atoms with E-state index in [0.717, 1.165) is 56.3 Å². The van der Waals surface area contributed by atoms with Crippen LogP contribution in [0.2, 0.25) is 0 Å². The Morgan fingerprint density at radius 3 is 2.69 bits per heavy atom. The zero-order valence-corrected chi connectivity index (χ0v) is 16.5. The molecule has 152 valence electrons. The third-order valence-electron chi connectivity index (χ3n) is 9.03. The Bertz CT molecular complexity index is 992. The first kappa shape index (κ1) is 16.7. The number of aromatic nitrogens is 4. The van der Waals surface area contributed by atoms with E-state index in [1.165, 1.54) is 25.7 Å². The van der Waals surface area contributed by atoms with Gasteiger partial charge >= 0.3 is 0 Å². The van der Waals surface area contributed by atoms with Gasteiger partial charge in [-0.3, -0.25) is 9.69 Å². The predicted octanol–water partition coefficient (Wildman–Crippen LogP) is 1.53. The van der Waals surface area contributed by atoms with Gasteiger partial charge in [0.2, 0.25) is 5.91 Å². The molecule has 8 nitrogen and oxygen atoms in total. The van der Waals surface area contributed by atoms with Crippen molar-refractivity contribution in [3.63, 3.8) is 0 Å². The van der Waals surface area contributed by atoms with Crippen molar-refractivity contribution in [2.45, 2.75) is 32.2 Å². The normalized spacial score (nSPS) is 39.4. The minimum absolute atomic E-state index is 0.0821. The summed E-state index contributed by atoms with van der Waals surface area (Å²) >= 11 is 0. The van der Waals surface area contributed by atoms with Gasteiger partial charge in [-0.15, -0.1) is 0 Å². The molecule has 1 aliphatic heterocycles. The molecule has 0 aromatic carbocycles. The molecule has 1 spiro atoms. The molecule has 2 aromatic heterocycles. The van der Waals surface area contributed by atoms with Crippen molar-refractivity contribution in [2.24, 2.45) is 28.6 Å². The van der Waals surface area contributed by atoms with Crippen LogP contribution in [0.1, 0.15) is 25.7 Å². The molecular weight excluding hydrogens is 368 g/mol. The number of morpholine rings is 1. The van der Waals surface area contributed by atoms with Gasteiger partial charge in [0.25, 0.3) is 0 Å². The number of rotatable bonds is 5. The van der Waals surface area contributed by atoms with Crippen molar-refractivity contribution in [3.05, 3.63) is 12.5 Å². The topological polar surface area (TPSA) is 85.2 Å². The van der Waals surface area contributed by atoms with Crippen LogP contribution in [0.5, 0.6) is 0 Å². The van der Waals surface area contributed by atoms with Gasteiger partial charge in [-0.05, 0) is 48.9 Å². The smallest absolute Gasteiger partial charge is 0.232 e. The van der Waals surface area contributed by atoms with Crippen LogP contribution in [-0.4, -0.2) is 63.4 Å². The Labute approximate surface area is 169 Å². The number of anilines is 1. The van der Waals surface area contributed by atoms with Crippen LogP contribution < -0.4 is 5.32 Å². The lowest BCUT2D eigenvalue weighted by Crippen LogP contribution is -2.68. The Morgan fingerprint density at radius 1 is 1.14 bits per heavy atom. The minimum Gasteiger partial charge on any atom is -0.379 e. The Hall–Kier alpha value is -2.06. The quantitative estimate of drug-likeness (QED) is 0.828. The number of amides is 1. The lowest BCUT2D eigenvalue weighted by atomic mass is 9.36. The first-order valence-electron chi connectivity index (χ1n) is 11.0. The lowest BCUT2D eigenvalue weighted by Gasteiger charge is -2.66. The maximum atomic E-state index is 13.4. The highest BCUT2D eigenvalue weighted by Crippen LogP contribution is 2.91. The summed E-state index contributed by atoms with van der Waals surface area (Å²) < 4.78 is 7.34. The molecule has 2 aromatic rings. The highest BCUT2D eigenvalue weighted by molar-refractivity contribution is 6.03. The fourth-order valence-corrected chi connectivity index (χ4v) is 7.98. The summed E-state index contributed by atoms with van der Waals surface area (Å²) in [5.41, 5.74) is 1.05. The number of hydrogen-bond donors (Lipinski definition) is 1. The van der Waals surface area contributed by atoms with E-state index in [1.807, 2.05) is 4.68 Å². The van der Waals surface area contributed by atoms with Gasteiger partial charge in [0.05, 0.1) is 36.8 Å². The number of fused-ring (bicyclic) bond motifs is 1. The maximum absolute atomic E-state index is 13.4. The first-order valence-corrected chi connectivity index (χ1v) is 11.0. The standard InChI is InChI=1S/C21H26N6O2/c28-19(21-14-7-13-8-15(21)10-20(13,21)9-14)25-17-16-11-24-27(18(16)23-12-22-17)2-1-26-3-5-29-6-4-26/h11-15H,1-10H2,(H,22,23,25,28). The molecule has 6 saturated carbocycles. The summed E-state index contributed by atoms with van der Waals surface area (Å²) in [5, 5.41) is 8.59. The summed E-state index contributed by atoms with van der Waals surface area (Å²) in [6.45, 7) is 5.20. The highest BCUT2D eigenvalue weighted by Gasteiger charge is 2.89. The van der Waals surface area contributed by atoms with Crippen molar-refractivity contribution in [1.29, 1.82) is 0 Å². The van der Waals surface area contributed by atoms with Crippen LogP contribution in [0.4, 0.5) is 5.82 Å². The largest absolute Gasteiger partial charge is 0.379 e. The van der Waals surface area contributed by atoms with Gasteiger partial charge in [-0.2, -0.15) is 5.10 Å². The molecule has 9 rings (SSSR count). The van der Waals surface area contributed by atoms with Crippen molar-refractivity contribution >= 4 is 22.8 Å². The molecule has 7 fully saturated rings. The van der Waals surface area contributed by atoms with Crippen LogP contribution >= 0.6 is 0 Å². The Balaban J connectivity index is 1.13. The lowest BCUT2D eigenvalue weighted by molar-refractivity contribution is -0.201. The van der Waals surface area contributed by atoms with E-state index >= 15 is 0 Å². The second-order valence-electron chi connectivity index (χ2n) is 9.73. The number of nitrogens with zero attached hydrogens (tertiary/aromatic N) is 5. The predicted molar refractivity (Wildman–Crippen MR) is 105 cm³/mol. The van der Waals surface area contributed by atoms with E-state index in [-0.39, 0.29) is 11.3 Å². The minimum atomic E-state index is -0.0821. The van der Waals surface area contributed by atoms with Crippen molar-refractivity contribution in [2.75, 3.05) is 38.2 Å². The van der Waals surface area contributed by atoms with Crippen molar-refractivity contribution < 1.29 is 9.53 Å². The third kappa shape index (κ3) is 1.88. The third-order valence-corrected chi connectivity index (χ3v) is 9.03. The summed E-state index contributed by atoms with van der Waals surface area (Å²) in [6, 6.07) is 0. The molecule has 1 amide bonds. The fourth-order valence-electron chi connectivity index (χ4n) is 7.98. The summed E-state index contributed by atoms with van der Waals surface area (Å²) in [6.07, 6.45) is 8.44. The molecule has 6 aliphatic carbocycles. The number of nitrogens with one attached hydrogen (secondary N) is 1. The monoisotopic (exact) mass is 394 g/mol. The number of ether oxygens (including phenoxy) is 1. The second kappa shape index (κ2) is 5.55. The van der Waals surface area contributed by atoms with E-state index < -0.39 is 0 Å². The van der Waals surface area contributed by atoms with Gasteiger partial charge in [-0.25, -0.2) is 14.6 Å². The molecule has 2 unspecified atom stereocenters. The molecule has 5 bridgehead atoms. The van der Waals surface area contributed by atoms with E-state index in [1.54, 1.807) is 12.5 Å². The van der Waals surface area contributed by atoms with Crippen molar-refractivity contribution in [3.8, 4) is 0 Å². The zero-order valence-electron chi connectivity index (χ0n) is 16.5. The van der Waals surface area contributed by atoms with E-state index in [0.29, 0.717) is 23.1 Å². The van der Waals surface area contributed by atoms with Crippen LogP contribution in [-0.2, 0) is 16.1 Å². The van der Waals surface area contributed by atoms with Crippen molar-refractivity contribution in [1.82, 2.24) is 24.6 Å². The molecular formula is C21H26N6O2. The molecule has 29 heavy (non-hydrogen) atoms. The molecule has 3 heterocycles. The number of hydrogen-bond acceptors (Lipinski definition) is 6. The molecule has 0 radical (unpaired) electrons. The maximum Gasteiger partial charge on any atom is 0.232 e. The Morgan fingerprint density at radius 2 is 1.93 bits per heavy atom. The van der Waals surface area contributed by atoms with Gasteiger partial charge in [0.1, 0.15) is 12.1 Å². The first-order chi connectivity index (χ1) is 14.2. The van der Waals surface area contributed by atoms with E-state index in [2.05, 4.69) is 25.3 Å². The summed E-state index contributed by atoms with van der Waals surface area (Å²) in [4.78, 5) is 24.7. The average Bonchev–Trinajstić information content (AvgIpc) is 3.46.